The quantitative estimate of drug-likeness (QED) is 0.854. The van der Waals surface area contributed by atoms with Gasteiger partial charge in [-0.3, -0.25) is 0 Å². The van der Waals surface area contributed by atoms with E-state index in [1.807, 2.05) is 0 Å². The fourth-order valence-corrected chi connectivity index (χ4v) is 2.34. The Morgan fingerprint density at radius 3 is 2.55 bits per heavy atom. The van der Waals surface area contributed by atoms with Gasteiger partial charge in [0.1, 0.15) is 5.82 Å². The molecule has 1 aromatic carbocycles. The first kappa shape index (κ1) is 14.4. The van der Waals surface area contributed by atoms with Crippen LogP contribution in [0.15, 0.2) is 29.2 Å². The minimum atomic E-state index is -5.35. The number of halogens is 3. The number of benzene rings is 1. The van der Waals surface area contributed by atoms with Crippen molar-refractivity contribution in [3.05, 3.63) is 35.7 Å². The van der Waals surface area contributed by atoms with Crippen LogP contribution in [-0.2, 0) is 16.4 Å². The number of nitrogens with zero attached hydrogens (tertiary/aromatic N) is 4. The van der Waals surface area contributed by atoms with Gasteiger partial charge in [-0.15, -0.1) is 5.10 Å². The number of tetrazole rings is 1. The highest BCUT2D eigenvalue weighted by Crippen LogP contribution is 2.30. The van der Waals surface area contributed by atoms with Gasteiger partial charge in [-0.1, -0.05) is 12.1 Å². The van der Waals surface area contributed by atoms with Gasteiger partial charge in [0.05, 0.1) is 11.4 Å². The van der Waals surface area contributed by atoms with Crippen molar-refractivity contribution in [2.45, 2.75) is 23.9 Å². The predicted octanol–water partition coefficient (Wildman–Crippen LogP) is 1.32. The summed E-state index contributed by atoms with van der Waals surface area (Å²) < 4.78 is 61.4. The zero-order valence-corrected chi connectivity index (χ0v) is 11.0. The van der Waals surface area contributed by atoms with Gasteiger partial charge in [0.25, 0.3) is 9.84 Å². The molecule has 20 heavy (non-hydrogen) atoms. The van der Waals surface area contributed by atoms with Crippen LogP contribution in [0.3, 0.4) is 0 Å². The molecule has 0 amide bonds. The molecule has 0 radical (unpaired) electrons. The first-order valence-corrected chi connectivity index (χ1v) is 6.83. The fraction of sp³-hybridized carbons (Fsp3) is 0.300. The van der Waals surface area contributed by atoms with E-state index in [1.165, 1.54) is 16.8 Å². The molecule has 0 spiro atoms. The van der Waals surface area contributed by atoms with E-state index in [1.54, 1.807) is 6.92 Å². The Balaban J connectivity index is 2.37. The molecule has 10 heteroatoms. The molecule has 0 unspecified atom stereocenters. The molecule has 0 saturated heterocycles. The van der Waals surface area contributed by atoms with Crippen LogP contribution in [0.2, 0.25) is 0 Å². The topological polar surface area (TPSA) is 77.7 Å². The number of rotatable bonds is 3. The van der Waals surface area contributed by atoms with Gasteiger partial charge in [0.15, 0.2) is 0 Å². The third kappa shape index (κ3) is 2.64. The zero-order chi connectivity index (χ0) is 15.0. The molecule has 0 fully saturated rings. The summed E-state index contributed by atoms with van der Waals surface area (Å²) in [6, 6.07) is 4.60. The van der Waals surface area contributed by atoms with Crippen LogP contribution in [-0.4, -0.2) is 34.1 Å². The lowest BCUT2D eigenvalue weighted by Crippen LogP contribution is -2.23. The zero-order valence-electron chi connectivity index (χ0n) is 10.2. The van der Waals surface area contributed by atoms with Crippen molar-refractivity contribution in [1.29, 1.82) is 0 Å². The Bertz CT molecular complexity index is 724. The molecule has 6 nitrogen and oxygen atoms in total. The van der Waals surface area contributed by atoms with Crippen LogP contribution in [0, 0.1) is 6.92 Å². The van der Waals surface area contributed by atoms with E-state index in [4.69, 9.17) is 0 Å². The summed E-state index contributed by atoms with van der Waals surface area (Å²) in [6.07, 6.45) is 0. The SMILES string of the molecule is Cc1nnnn1Cc1cccc(S(=O)(=O)C(F)(F)F)c1. The van der Waals surface area contributed by atoms with Crippen LogP contribution in [0.1, 0.15) is 11.4 Å². The normalized spacial score (nSPS) is 12.6. The number of hydrogen-bond acceptors (Lipinski definition) is 5. The average Bonchev–Trinajstić information content (AvgIpc) is 2.74. The number of aromatic nitrogens is 4. The summed E-state index contributed by atoms with van der Waals surface area (Å²) in [7, 11) is -5.35. The van der Waals surface area contributed by atoms with Gasteiger partial charge in [-0.05, 0) is 35.0 Å². The Hall–Kier alpha value is -1.97. The fourth-order valence-electron chi connectivity index (χ4n) is 1.51. The monoisotopic (exact) mass is 306 g/mol. The van der Waals surface area contributed by atoms with Crippen LogP contribution in [0.25, 0.3) is 0 Å². The van der Waals surface area contributed by atoms with Gasteiger partial charge in [-0.25, -0.2) is 13.1 Å². The summed E-state index contributed by atoms with van der Waals surface area (Å²) in [4.78, 5) is -0.798. The number of alkyl halides is 3. The molecule has 2 aromatic rings. The van der Waals surface area contributed by atoms with E-state index >= 15 is 0 Å². The van der Waals surface area contributed by atoms with Gasteiger partial charge < -0.3 is 0 Å². The molecule has 0 atom stereocenters. The molecule has 1 aromatic heterocycles. The Kier molecular flexibility index (Phi) is 3.50. The van der Waals surface area contributed by atoms with Gasteiger partial charge >= 0.3 is 5.51 Å². The molecule has 2 rings (SSSR count). The second kappa shape index (κ2) is 4.85. The third-order valence-electron chi connectivity index (χ3n) is 2.56. The molecule has 0 bridgehead atoms. The predicted molar refractivity (Wildman–Crippen MR) is 61.3 cm³/mol. The van der Waals surface area contributed by atoms with Crippen molar-refractivity contribution in [2.24, 2.45) is 0 Å². The minimum Gasteiger partial charge on any atom is -0.225 e. The van der Waals surface area contributed by atoms with Crippen LogP contribution in [0.5, 0.6) is 0 Å². The van der Waals surface area contributed by atoms with Crippen molar-refractivity contribution >= 4 is 9.84 Å². The summed E-state index contributed by atoms with van der Waals surface area (Å²) >= 11 is 0. The van der Waals surface area contributed by atoms with Gasteiger partial charge in [0.2, 0.25) is 0 Å². The molecule has 108 valence electrons. The van der Waals surface area contributed by atoms with E-state index in [0.717, 1.165) is 12.1 Å². The summed E-state index contributed by atoms with van der Waals surface area (Å²) in [5.41, 5.74) is -4.97. The van der Waals surface area contributed by atoms with Crippen LogP contribution < -0.4 is 0 Å². The minimum absolute atomic E-state index is 0.0834. The molecule has 0 aliphatic rings. The highest BCUT2D eigenvalue weighted by atomic mass is 32.2. The van der Waals surface area contributed by atoms with Crippen LogP contribution >= 0.6 is 0 Å². The third-order valence-corrected chi connectivity index (χ3v) is 4.04. The summed E-state index contributed by atoms with van der Waals surface area (Å²) in [5, 5.41) is 10.7. The van der Waals surface area contributed by atoms with E-state index in [2.05, 4.69) is 15.5 Å². The van der Waals surface area contributed by atoms with Crippen molar-refractivity contribution in [3.8, 4) is 0 Å². The molecule has 0 N–H and O–H groups in total. The van der Waals surface area contributed by atoms with Crippen molar-refractivity contribution in [2.75, 3.05) is 0 Å². The van der Waals surface area contributed by atoms with Gasteiger partial charge in [-0.2, -0.15) is 13.2 Å². The highest BCUT2D eigenvalue weighted by Gasteiger charge is 2.46. The lowest BCUT2D eigenvalue weighted by atomic mass is 10.2. The molecule has 1 heterocycles. The van der Waals surface area contributed by atoms with Crippen molar-refractivity contribution < 1.29 is 21.6 Å². The van der Waals surface area contributed by atoms with Crippen molar-refractivity contribution in [3.63, 3.8) is 0 Å². The van der Waals surface area contributed by atoms with E-state index in [0.29, 0.717) is 11.4 Å². The van der Waals surface area contributed by atoms with Crippen molar-refractivity contribution in [1.82, 2.24) is 20.2 Å². The summed E-state index contributed by atoms with van der Waals surface area (Å²) in [6.45, 7) is 1.70. The summed E-state index contributed by atoms with van der Waals surface area (Å²) in [5.74, 6) is 0.467. The average molecular weight is 306 g/mol. The maximum Gasteiger partial charge on any atom is 0.501 e. The lowest BCUT2D eigenvalue weighted by Gasteiger charge is -2.09. The Labute approximate surface area is 112 Å². The van der Waals surface area contributed by atoms with E-state index < -0.39 is 20.2 Å². The number of aryl methyl sites for hydroxylation is 1. The van der Waals surface area contributed by atoms with Gasteiger partial charge in [0, 0.05) is 0 Å². The maximum absolute atomic E-state index is 12.5. The lowest BCUT2D eigenvalue weighted by molar-refractivity contribution is -0.0436. The molecule has 0 saturated carbocycles. The maximum atomic E-state index is 12.5. The van der Waals surface area contributed by atoms with Crippen LogP contribution in [0.4, 0.5) is 13.2 Å². The number of sulfone groups is 1. The molecular weight excluding hydrogens is 297 g/mol. The molecule has 0 aliphatic heterocycles. The van der Waals surface area contributed by atoms with E-state index in [9.17, 15) is 21.6 Å². The second-order valence-corrected chi connectivity index (χ2v) is 5.92. The largest absolute Gasteiger partial charge is 0.501 e. The first-order valence-electron chi connectivity index (χ1n) is 5.35. The second-order valence-electron chi connectivity index (χ2n) is 3.98. The Morgan fingerprint density at radius 2 is 2.00 bits per heavy atom. The molecular formula is C10H9F3N4O2S. The first-order chi connectivity index (χ1) is 9.22. The number of hydrogen-bond donors (Lipinski definition) is 0. The highest BCUT2D eigenvalue weighted by molar-refractivity contribution is 7.92. The standard InChI is InChI=1S/C10H9F3N4O2S/c1-7-14-15-16-17(7)6-8-3-2-4-9(5-8)20(18,19)10(11,12)13/h2-5H,6H2,1H3. The molecule has 0 aliphatic carbocycles. The Morgan fingerprint density at radius 1 is 1.30 bits per heavy atom. The van der Waals surface area contributed by atoms with E-state index in [-0.39, 0.29) is 6.54 Å². The smallest absolute Gasteiger partial charge is 0.225 e.